The molecule has 0 saturated carbocycles. The largest absolute Gasteiger partial charge is 0.369 e. The molecule has 2 aromatic carbocycles. The van der Waals surface area contributed by atoms with Crippen LogP contribution < -0.4 is 0 Å². The second kappa shape index (κ2) is 9.21. The average Bonchev–Trinajstić information content (AvgIpc) is 2.65. The fourth-order valence-corrected chi connectivity index (χ4v) is 3.15. The number of ether oxygens (including phenoxy) is 1. The fraction of sp³-hybridized carbons (Fsp3) is 0.273. The Morgan fingerprint density at radius 3 is 1.71 bits per heavy atom. The monoisotopic (exact) mass is 321 g/mol. The highest BCUT2D eigenvalue weighted by Crippen LogP contribution is 2.36. The minimum Gasteiger partial charge on any atom is -0.369 e. The lowest BCUT2D eigenvalue weighted by Crippen LogP contribution is -2.36. The molecule has 2 rings (SSSR count). The molecule has 0 amide bonds. The number of rotatable bonds is 10. The third kappa shape index (κ3) is 4.22. The predicted molar refractivity (Wildman–Crippen MR) is 102 cm³/mol. The maximum absolute atomic E-state index is 6.14. The maximum Gasteiger partial charge on any atom is 0.119 e. The van der Waals surface area contributed by atoms with Gasteiger partial charge in [0.2, 0.25) is 0 Å². The second-order valence-electron chi connectivity index (χ2n) is 5.85. The summed E-state index contributed by atoms with van der Waals surface area (Å²) >= 11 is 0. The molecule has 0 spiro atoms. The number of nitrogens with zero attached hydrogens (tertiary/aromatic N) is 1. The molecule has 0 saturated heterocycles. The Morgan fingerprint density at radius 2 is 1.33 bits per heavy atom. The van der Waals surface area contributed by atoms with E-state index in [2.05, 4.69) is 66.6 Å². The quantitative estimate of drug-likeness (QED) is 0.591. The molecule has 0 aromatic heterocycles. The summed E-state index contributed by atoms with van der Waals surface area (Å²) in [5, 5.41) is 0. The van der Waals surface area contributed by atoms with Gasteiger partial charge in [-0.05, 0) is 17.5 Å². The van der Waals surface area contributed by atoms with Crippen molar-refractivity contribution in [3.8, 4) is 0 Å². The lowest BCUT2D eigenvalue weighted by molar-refractivity contribution is 0.00770. The van der Waals surface area contributed by atoms with Crippen LogP contribution in [0.5, 0.6) is 0 Å². The Kier molecular flexibility index (Phi) is 6.98. The van der Waals surface area contributed by atoms with Gasteiger partial charge in [0, 0.05) is 26.7 Å². The van der Waals surface area contributed by atoms with E-state index in [4.69, 9.17) is 4.74 Å². The molecule has 0 unspecified atom stereocenters. The van der Waals surface area contributed by atoms with Crippen molar-refractivity contribution >= 4 is 0 Å². The first-order chi connectivity index (χ1) is 11.8. The average molecular weight is 321 g/mol. The smallest absolute Gasteiger partial charge is 0.119 e. The highest BCUT2D eigenvalue weighted by molar-refractivity contribution is 5.36. The molecule has 0 aliphatic heterocycles. The van der Waals surface area contributed by atoms with Gasteiger partial charge in [-0.25, -0.2) is 0 Å². The Morgan fingerprint density at radius 1 is 0.875 bits per heavy atom. The normalized spacial score (nSPS) is 11.4. The molecule has 0 bridgehead atoms. The number of benzene rings is 2. The Bertz CT molecular complexity index is 571. The Balaban J connectivity index is 2.35. The molecular formula is C22H27NO. The fourth-order valence-electron chi connectivity index (χ4n) is 3.15. The zero-order chi connectivity index (χ0) is 17.3. The van der Waals surface area contributed by atoms with Crippen LogP contribution in [-0.2, 0) is 10.3 Å². The molecule has 126 valence electrons. The van der Waals surface area contributed by atoms with Crippen molar-refractivity contribution in [2.24, 2.45) is 0 Å². The molecule has 0 radical (unpaired) electrons. The van der Waals surface area contributed by atoms with E-state index in [1.807, 2.05) is 24.3 Å². The molecule has 0 N–H and O–H groups in total. The zero-order valence-corrected chi connectivity index (χ0v) is 14.5. The van der Waals surface area contributed by atoms with Gasteiger partial charge in [-0.3, -0.25) is 4.90 Å². The van der Waals surface area contributed by atoms with Gasteiger partial charge in [0.05, 0.1) is 0 Å². The van der Waals surface area contributed by atoms with Crippen LogP contribution in [-0.4, -0.2) is 31.6 Å². The lowest BCUT2D eigenvalue weighted by Gasteiger charge is -2.35. The van der Waals surface area contributed by atoms with E-state index in [0.29, 0.717) is 0 Å². The summed E-state index contributed by atoms with van der Waals surface area (Å²) in [5.41, 5.74) is 1.90. The van der Waals surface area contributed by atoms with Crippen LogP contribution in [0.2, 0.25) is 0 Å². The number of hydrogen-bond acceptors (Lipinski definition) is 2. The van der Waals surface area contributed by atoms with Gasteiger partial charge in [-0.15, -0.1) is 13.2 Å². The summed E-state index contributed by atoms with van der Waals surface area (Å²) in [4.78, 5) is 2.32. The van der Waals surface area contributed by atoms with E-state index < -0.39 is 5.60 Å². The molecule has 2 nitrogen and oxygen atoms in total. The summed E-state index contributed by atoms with van der Waals surface area (Å²) in [5.74, 6) is 0. The van der Waals surface area contributed by atoms with Crippen LogP contribution in [0.4, 0.5) is 0 Å². The second-order valence-corrected chi connectivity index (χ2v) is 5.85. The van der Waals surface area contributed by atoms with Gasteiger partial charge in [-0.2, -0.15) is 0 Å². The van der Waals surface area contributed by atoms with Crippen molar-refractivity contribution in [2.45, 2.75) is 12.0 Å². The van der Waals surface area contributed by atoms with Gasteiger partial charge >= 0.3 is 0 Å². The highest BCUT2D eigenvalue weighted by Gasteiger charge is 2.34. The van der Waals surface area contributed by atoms with E-state index >= 15 is 0 Å². The van der Waals surface area contributed by atoms with Crippen molar-refractivity contribution < 1.29 is 4.74 Å². The third-order valence-electron chi connectivity index (χ3n) is 4.38. The zero-order valence-electron chi connectivity index (χ0n) is 14.5. The van der Waals surface area contributed by atoms with Gasteiger partial charge in [0.25, 0.3) is 0 Å². The molecule has 0 atom stereocenters. The van der Waals surface area contributed by atoms with E-state index in [1.165, 1.54) is 11.1 Å². The van der Waals surface area contributed by atoms with E-state index in [0.717, 1.165) is 26.1 Å². The lowest BCUT2D eigenvalue weighted by atomic mass is 9.83. The Labute approximate surface area is 146 Å². The number of methoxy groups -OCH3 is 1. The minimum atomic E-state index is -0.455. The third-order valence-corrected chi connectivity index (χ3v) is 4.38. The van der Waals surface area contributed by atoms with Gasteiger partial charge in [0.1, 0.15) is 5.60 Å². The van der Waals surface area contributed by atoms with Crippen molar-refractivity contribution in [2.75, 3.05) is 26.7 Å². The molecule has 2 aromatic rings. The van der Waals surface area contributed by atoms with E-state index in [-0.39, 0.29) is 0 Å². The van der Waals surface area contributed by atoms with E-state index in [1.54, 1.807) is 7.11 Å². The Hall–Kier alpha value is -2.16. The van der Waals surface area contributed by atoms with Crippen LogP contribution >= 0.6 is 0 Å². The minimum absolute atomic E-state index is 0.455. The first kappa shape index (κ1) is 18.2. The molecule has 24 heavy (non-hydrogen) atoms. The van der Waals surface area contributed by atoms with Crippen LogP contribution in [0, 0.1) is 0 Å². The van der Waals surface area contributed by atoms with Gasteiger partial charge in [-0.1, -0.05) is 72.8 Å². The first-order valence-electron chi connectivity index (χ1n) is 8.37. The highest BCUT2D eigenvalue weighted by atomic mass is 16.5. The van der Waals surface area contributed by atoms with Crippen LogP contribution in [0.1, 0.15) is 17.5 Å². The summed E-state index contributed by atoms with van der Waals surface area (Å²) in [6.45, 7) is 10.3. The van der Waals surface area contributed by atoms with Crippen molar-refractivity contribution in [3.63, 3.8) is 0 Å². The molecular weight excluding hydrogens is 294 g/mol. The topological polar surface area (TPSA) is 12.5 Å². The summed E-state index contributed by atoms with van der Waals surface area (Å²) in [7, 11) is 1.80. The first-order valence-corrected chi connectivity index (χ1v) is 8.37. The predicted octanol–water partition coefficient (Wildman–Crippen LogP) is 4.64. The molecule has 2 heteroatoms. The standard InChI is InChI=1S/C22H27NO/c1-4-17-23(18-5-2)19-16-22(24-3,20-12-8-6-9-13-20)21-14-10-7-11-15-21/h4-15H,1-2,16-19H2,3H3. The summed E-state index contributed by atoms with van der Waals surface area (Å²) in [6, 6.07) is 20.9. The van der Waals surface area contributed by atoms with E-state index in [9.17, 15) is 0 Å². The summed E-state index contributed by atoms with van der Waals surface area (Å²) < 4.78 is 6.14. The van der Waals surface area contributed by atoms with Crippen molar-refractivity contribution in [1.29, 1.82) is 0 Å². The van der Waals surface area contributed by atoms with Crippen molar-refractivity contribution in [3.05, 3.63) is 97.1 Å². The molecule has 0 aliphatic carbocycles. The maximum atomic E-state index is 6.14. The molecule has 0 aliphatic rings. The van der Waals surface area contributed by atoms with Gasteiger partial charge in [0.15, 0.2) is 0 Å². The van der Waals surface area contributed by atoms with Crippen LogP contribution in [0.25, 0.3) is 0 Å². The van der Waals surface area contributed by atoms with Crippen molar-refractivity contribution in [1.82, 2.24) is 4.90 Å². The number of hydrogen-bond donors (Lipinski definition) is 0. The molecule has 0 fully saturated rings. The summed E-state index contributed by atoms with van der Waals surface area (Å²) in [6.07, 6.45) is 4.73. The van der Waals surface area contributed by atoms with Gasteiger partial charge < -0.3 is 4.74 Å². The SMILES string of the molecule is C=CCN(CC=C)CCC(OC)(c1ccccc1)c1ccccc1. The van der Waals surface area contributed by atoms with Crippen LogP contribution in [0.15, 0.2) is 86.0 Å². The molecule has 0 heterocycles. The van der Waals surface area contributed by atoms with Crippen LogP contribution in [0.3, 0.4) is 0 Å².